The number of rotatable bonds is 4. The molecule has 1 aromatic carbocycles. The minimum absolute atomic E-state index is 0.0562. The van der Waals surface area contributed by atoms with Gasteiger partial charge >= 0.3 is 0 Å². The summed E-state index contributed by atoms with van der Waals surface area (Å²) in [7, 11) is 0. The second kappa shape index (κ2) is 8.17. The highest BCUT2D eigenvalue weighted by Gasteiger charge is 2.25. The molecule has 0 bridgehead atoms. The molecule has 162 valence electrons. The zero-order valence-corrected chi connectivity index (χ0v) is 17.5. The van der Waals surface area contributed by atoms with Crippen LogP contribution in [0.2, 0.25) is 0 Å². The Kier molecular flexibility index (Phi) is 5.19. The monoisotopic (exact) mass is 430 g/mol. The maximum absolute atomic E-state index is 14.4. The topological polar surface area (TPSA) is 101 Å². The SMILES string of the molecule is N#Cc1ccc(-c2nc(N3CCC(N)CC3)cc(=O)n2-c2ccc(C3CC3)nc2)cc1F. The van der Waals surface area contributed by atoms with E-state index in [2.05, 4.69) is 4.98 Å². The lowest BCUT2D eigenvalue weighted by molar-refractivity contribution is 0.498. The number of hydrogen-bond donors (Lipinski definition) is 1. The number of hydrogen-bond acceptors (Lipinski definition) is 6. The van der Waals surface area contributed by atoms with E-state index in [1.165, 1.54) is 22.8 Å². The minimum Gasteiger partial charge on any atom is -0.356 e. The molecule has 3 heterocycles. The second-order valence-corrected chi connectivity index (χ2v) is 8.46. The van der Waals surface area contributed by atoms with Gasteiger partial charge in [0.05, 0.1) is 17.4 Å². The lowest BCUT2D eigenvalue weighted by Crippen LogP contribution is -2.40. The molecule has 8 heteroatoms. The summed E-state index contributed by atoms with van der Waals surface area (Å²) in [5, 5.41) is 9.08. The van der Waals surface area contributed by atoms with E-state index in [4.69, 9.17) is 16.0 Å². The Balaban J connectivity index is 1.63. The van der Waals surface area contributed by atoms with Gasteiger partial charge in [0.25, 0.3) is 5.56 Å². The third-order valence-electron chi connectivity index (χ3n) is 6.14. The number of anilines is 1. The number of pyridine rings is 1. The number of aromatic nitrogens is 3. The number of nitrogens with zero attached hydrogens (tertiary/aromatic N) is 5. The third kappa shape index (κ3) is 3.87. The molecule has 0 spiro atoms. The van der Waals surface area contributed by atoms with Gasteiger partial charge in [0.2, 0.25) is 0 Å². The summed E-state index contributed by atoms with van der Waals surface area (Å²) in [4.78, 5) is 24.6. The van der Waals surface area contributed by atoms with Gasteiger partial charge in [-0.05, 0) is 56.0 Å². The van der Waals surface area contributed by atoms with Crippen molar-refractivity contribution >= 4 is 5.82 Å². The Morgan fingerprint density at radius 3 is 2.50 bits per heavy atom. The molecular weight excluding hydrogens is 407 g/mol. The molecule has 32 heavy (non-hydrogen) atoms. The molecule has 0 radical (unpaired) electrons. The fourth-order valence-corrected chi connectivity index (χ4v) is 4.10. The van der Waals surface area contributed by atoms with E-state index in [-0.39, 0.29) is 17.2 Å². The minimum atomic E-state index is -0.651. The van der Waals surface area contributed by atoms with E-state index in [1.807, 2.05) is 23.1 Å². The van der Waals surface area contributed by atoms with Gasteiger partial charge in [-0.15, -0.1) is 0 Å². The third-order valence-corrected chi connectivity index (χ3v) is 6.14. The summed E-state index contributed by atoms with van der Waals surface area (Å²) < 4.78 is 15.9. The van der Waals surface area contributed by atoms with Gasteiger partial charge in [0, 0.05) is 42.4 Å². The molecule has 2 aliphatic rings. The van der Waals surface area contributed by atoms with Crippen molar-refractivity contribution in [3.8, 4) is 23.1 Å². The van der Waals surface area contributed by atoms with Crippen LogP contribution < -0.4 is 16.2 Å². The largest absolute Gasteiger partial charge is 0.356 e. The zero-order chi connectivity index (χ0) is 22.2. The van der Waals surface area contributed by atoms with Crippen LogP contribution in [0.4, 0.5) is 10.2 Å². The van der Waals surface area contributed by atoms with Gasteiger partial charge in [0.15, 0.2) is 0 Å². The van der Waals surface area contributed by atoms with Gasteiger partial charge in [-0.1, -0.05) is 0 Å². The van der Waals surface area contributed by atoms with Crippen molar-refractivity contribution < 1.29 is 4.39 Å². The fourth-order valence-electron chi connectivity index (χ4n) is 4.10. The van der Waals surface area contributed by atoms with Crippen molar-refractivity contribution in [2.24, 2.45) is 5.73 Å². The van der Waals surface area contributed by atoms with Crippen LogP contribution in [0.3, 0.4) is 0 Å². The highest BCUT2D eigenvalue weighted by Crippen LogP contribution is 2.39. The summed E-state index contributed by atoms with van der Waals surface area (Å²) >= 11 is 0. The number of benzene rings is 1. The van der Waals surface area contributed by atoms with Crippen molar-refractivity contribution in [1.82, 2.24) is 14.5 Å². The number of piperidine rings is 1. The molecule has 0 atom stereocenters. The van der Waals surface area contributed by atoms with E-state index >= 15 is 0 Å². The number of nitrogens with two attached hydrogens (primary N) is 1. The smallest absolute Gasteiger partial charge is 0.260 e. The van der Waals surface area contributed by atoms with Gasteiger partial charge in [-0.25, -0.2) is 9.37 Å². The molecule has 2 N–H and O–H groups in total. The molecular formula is C24H23FN6O. The predicted octanol–water partition coefficient (Wildman–Crippen LogP) is 3.11. The molecule has 0 unspecified atom stereocenters. The van der Waals surface area contributed by atoms with Crippen LogP contribution in [0.25, 0.3) is 17.1 Å². The summed E-state index contributed by atoms with van der Waals surface area (Å²) in [6, 6.07) is 11.5. The average molecular weight is 430 g/mol. The quantitative estimate of drug-likeness (QED) is 0.683. The lowest BCUT2D eigenvalue weighted by atomic mass is 10.1. The van der Waals surface area contributed by atoms with Crippen molar-refractivity contribution in [3.63, 3.8) is 0 Å². The van der Waals surface area contributed by atoms with E-state index < -0.39 is 5.82 Å². The van der Waals surface area contributed by atoms with Crippen LogP contribution in [0.5, 0.6) is 0 Å². The van der Waals surface area contributed by atoms with Crippen molar-refractivity contribution in [2.75, 3.05) is 18.0 Å². The first-order valence-electron chi connectivity index (χ1n) is 10.8. The molecule has 5 rings (SSSR count). The average Bonchev–Trinajstić information content (AvgIpc) is 3.65. The zero-order valence-electron chi connectivity index (χ0n) is 17.5. The van der Waals surface area contributed by atoms with Crippen LogP contribution in [0, 0.1) is 17.1 Å². The summed E-state index contributed by atoms with van der Waals surface area (Å²) in [5.41, 5.74) is 7.69. The van der Waals surface area contributed by atoms with Crippen LogP contribution in [0.1, 0.15) is 42.9 Å². The van der Waals surface area contributed by atoms with Crippen molar-refractivity contribution in [1.29, 1.82) is 5.26 Å². The Labute approximate surface area is 185 Å². The van der Waals surface area contributed by atoms with Crippen LogP contribution >= 0.6 is 0 Å². The highest BCUT2D eigenvalue weighted by molar-refractivity contribution is 5.62. The molecule has 2 aromatic heterocycles. The summed E-state index contributed by atoms with van der Waals surface area (Å²) in [5.74, 6) is 0.702. The number of halogens is 1. The lowest BCUT2D eigenvalue weighted by Gasteiger charge is -2.31. The molecule has 3 aromatic rings. The van der Waals surface area contributed by atoms with Crippen molar-refractivity contribution in [3.05, 3.63) is 70.0 Å². The van der Waals surface area contributed by atoms with E-state index in [1.54, 1.807) is 12.3 Å². The normalized spacial score (nSPS) is 16.7. The van der Waals surface area contributed by atoms with E-state index in [0.717, 1.165) is 31.4 Å². The standard InChI is InChI=1S/C24H23FN6O/c25-20-11-16(3-4-17(20)13-26)24-29-22(30-9-7-18(27)8-10-30)12-23(32)31(24)19-5-6-21(28-14-19)15-1-2-15/h3-6,11-12,14-15,18H,1-2,7-10,27H2. The highest BCUT2D eigenvalue weighted by atomic mass is 19.1. The molecule has 1 saturated heterocycles. The van der Waals surface area contributed by atoms with Crippen LogP contribution in [-0.2, 0) is 0 Å². The first kappa shape index (κ1) is 20.3. The molecule has 1 aliphatic carbocycles. The van der Waals surface area contributed by atoms with Crippen LogP contribution in [-0.4, -0.2) is 33.7 Å². The van der Waals surface area contributed by atoms with Gasteiger partial charge < -0.3 is 10.6 Å². The Morgan fingerprint density at radius 2 is 1.88 bits per heavy atom. The summed E-state index contributed by atoms with van der Waals surface area (Å²) in [6.45, 7) is 1.41. The van der Waals surface area contributed by atoms with Crippen molar-refractivity contribution in [2.45, 2.75) is 37.6 Å². The van der Waals surface area contributed by atoms with Crippen LogP contribution in [0.15, 0.2) is 47.4 Å². The molecule has 1 aliphatic heterocycles. The first-order chi connectivity index (χ1) is 15.5. The van der Waals surface area contributed by atoms with E-state index in [0.29, 0.717) is 41.9 Å². The fraction of sp³-hybridized carbons (Fsp3) is 0.333. The molecule has 7 nitrogen and oxygen atoms in total. The Bertz CT molecular complexity index is 1250. The Hall–Kier alpha value is -3.57. The molecule has 0 amide bonds. The predicted molar refractivity (Wildman–Crippen MR) is 119 cm³/mol. The van der Waals surface area contributed by atoms with Gasteiger partial charge in [-0.2, -0.15) is 5.26 Å². The van der Waals surface area contributed by atoms with Gasteiger partial charge in [-0.3, -0.25) is 14.3 Å². The first-order valence-corrected chi connectivity index (χ1v) is 10.8. The maximum atomic E-state index is 14.4. The summed E-state index contributed by atoms with van der Waals surface area (Å²) in [6.07, 6.45) is 5.58. The molecule has 2 fully saturated rings. The number of nitriles is 1. The van der Waals surface area contributed by atoms with Gasteiger partial charge in [0.1, 0.15) is 23.5 Å². The maximum Gasteiger partial charge on any atom is 0.260 e. The molecule has 1 saturated carbocycles. The second-order valence-electron chi connectivity index (χ2n) is 8.46. The van der Waals surface area contributed by atoms with E-state index in [9.17, 15) is 9.18 Å². The Morgan fingerprint density at radius 1 is 1.09 bits per heavy atom.